The average molecular weight is 235 g/mol. The van der Waals surface area contributed by atoms with Gasteiger partial charge in [0.25, 0.3) is 0 Å². The van der Waals surface area contributed by atoms with Crippen LogP contribution in [-0.4, -0.2) is 12.6 Å². The fourth-order valence-corrected chi connectivity index (χ4v) is 1.55. The summed E-state index contributed by atoms with van der Waals surface area (Å²) in [5.74, 6) is 0.104. The molecule has 0 fully saturated rings. The molecule has 1 radical (unpaired) electrons. The molecule has 0 aromatic heterocycles. The summed E-state index contributed by atoms with van der Waals surface area (Å²) in [4.78, 5) is 11.4. The standard InChI is InChI=1S/C14H19O3/c1-3-4-5-8-11-17-13-10-7-6-9-12(13)14(15)16-2/h6-7,9-10H,2-5,8,11H2,1H3. The molecule has 0 atom stereocenters. The van der Waals surface area contributed by atoms with E-state index in [1.54, 1.807) is 18.2 Å². The zero-order valence-electron chi connectivity index (χ0n) is 10.3. The lowest BCUT2D eigenvalue weighted by atomic mass is 10.2. The first-order valence-corrected chi connectivity index (χ1v) is 5.97. The molecule has 0 heterocycles. The number of benzene rings is 1. The number of carbonyl (C=O) groups is 1. The Morgan fingerprint density at radius 3 is 2.71 bits per heavy atom. The SMILES string of the molecule is [CH2]OC(=O)c1ccccc1OCCCCCC. The number of ether oxygens (including phenoxy) is 2. The predicted octanol–water partition coefficient (Wildman–Crippen LogP) is 3.59. The van der Waals surface area contributed by atoms with E-state index in [9.17, 15) is 4.79 Å². The molecule has 0 amide bonds. The Hall–Kier alpha value is -1.51. The quantitative estimate of drug-likeness (QED) is 0.535. The van der Waals surface area contributed by atoms with Crippen molar-refractivity contribution in [1.29, 1.82) is 0 Å². The summed E-state index contributed by atoms with van der Waals surface area (Å²) in [5.41, 5.74) is 0.429. The fraction of sp³-hybridized carbons (Fsp3) is 0.429. The Balaban J connectivity index is 2.49. The largest absolute Gasteiger partial charge is 0.493 e. The third kappa shape index (κ3) is 4.47. The third-order valence-corrected chi connectivity index (χ3v) is 2.49. The van der Waals surface area contributed by atoms with Gasteiger partial charge in [-0.15, -0.1) is 0 Å². The van der Waals surface area contributed by atoms with Gasteiger partial charge in [0.15, 0.2) is 0 Å². The van der Waals surface area contributed by atoms with E-state index in [2.05, 4.69) is 18.8 Å². The lowest BCUT2D eigenvalue weighted by molar-refractivity contribution is 0.0649. The molecule has 93 valence electrons. The minimum atomic E-state index is -0.464. The second kappa shape index (κ2) is 7.71. The number of unbranched alkanes of at least 4 members (excludes halogenated alkanes) is 3. The van der Waals surface area contributed by atoms with Crippen molar-refractivity contribution in [1.82, 2.24) is 0 Å². The maximum atomic E-state index is 11.4. The monoisotopic (exact) mass is 235 g/mol. The van der Waals surface area contributed by atoms with Gasteiger partial charge in [0, 0.05) is 0 Å². The predicted molar refractivity (Wildman–Crippen MR) is 66.9 cm³/mol. The number of hydrogen-bond donors (Lipinski definition) is 0. The summed E-state index contributed by atoms with van der Waals surface area (Å²) >= 11 is 0. The van der Waals surface area contributed by atoms with Crippen LogP contribution in [0.25, 0.3) is 0 Å². The average Bonchev–Trinajstić information content (AvgIpc) is 2.38. The van der Waals surface area contributed by atoms with Crippen LogP contribution in [0.5, 0.6) is 5.75 Å². The van der Waals surface area contributed by atoms with Gasteiger partial charge in [0.2, 0.25) is 0 Å². The zero-order chi connectivity index (χ0) is 12.5. The highest BCUT2D eigenvalue weighted by Crippen LogP contribution is 2.19. The van der Waals surface area contributed by atoms with Crippen LogP contribution in [0.4, 0.5) is 0 Å². The van der Waals surface area contributed by atoms with Crippen LogP contribution in [0, 0.1) is 7.11 Å². The second-order valence-corrected chi connectivity index (χ2v) is 3.84. The van der Waals surface area contributed by atoms with Gasteiger partial charge in [-0.3, -0.25) is 0 Å². The van der Waals surface area contributed by atoms with Gasteiger partial charge in [0.1, 0.15) is 18.4 Å². The number of para-hydroxylation sites is 1. The Labute approximate surface area is 103 Å². The van der Waals surface area contributed by atoms with E-state index in [0.29, 0.717) is 17.9 Å². The van der Waals surface area contributed by atoms with Crippen molar-refractivity contribution in [2.24, 2.45) is 0 Å². The fourth-order valence-electron chi connectivity index (χ4n) is 1.55. The molecule has 0 saturated heterocycles. The Morgan fingerprint density at radius 2 is 2.00 bits per heavy atom. The summed E-state index contributed by atoms with van der Waals surface area (Å²) < 4.78 is 10.0. The minimum Gasteiger partial charge on any atom is -0.493 e. The molecule has 0 aliphatic carbocycles. The third-order valence-electron chi connectivity index (χ3n) is 2.49. The van der Waals surface area contributed by atoms with Crippen molar-refractivity contribution in [2.45, 2.75) is 32.6 Å². The summed E-state index contributed by atoms with van der Waals surface area (Å²) in [6, 6.07) is 7.05. The molecule has 0 saturated carbocycles. The van der Waals surface area contributed by atoms with Crippen LogP contribution in [0.2, 0.25) is 0 Å². The number of carbonyl (C=O) groups excluding carboxylic acids is 1. The Morgan fingerprint density at radius 1 is 1.24 bits per heavy atom. The molecule has 0 aliphatic heterocycles. The molecular weight excluding hydrogens is 216 g/mol. The normalized spacial score (nSPS) is 10.0. The van der Waals surface area contributed by atoms with E-state index in [0.717, 1.165) is 12.8 Å². The molecule has 3 heteroatoms. The van der Waals surface area contributed by atoms with Crippen LogP contribution < -0.4 is 4.74 Å². The van der Waals surface area contributed by atoms with Crippen LogP contribution in [-0.2, 0) is 4.74 Å². The molecule has 0 N–H and O–H groups in total. The Bertz CT molecular complexity index is 347. The van der Waals surface area contributed by atoms with Gasteiger partial charge in [-0.1, -0.05) is 38.3 Å². The van der Waals surface area contributed by atoms with Gasteiger partial charge >= 0.3 is 5.97 Å². The molecule has 0 bridgehead atoms. The summed E-state index contributed by atoms with van der Waals surface area (Å²) in [5, 5.41) is 0. The van der Waals surface area contributed by atoms with E-state index in [1.165, 1.54) is 12.8 Å². The zero-order valence-corrected chi connectivity index (χ0v) is 10.3. The van der Waals surface area contributed by atoms with E-state index in [1.807, 2.05) is 6.07 Å². The molecule has 0 spiro atoms. The second-order valence-electron chi connectivity index (χ2n) is 3.84. The lowest BCUT2D eigenvalue weighted by Crippen LogP contribution is -2.05. The topological polar surface area (TPSA) is 35.5 Å². The first-order chi connectivity index (χ1) is 8.29. The van der Waals surface area contributed by atoms with Crippen molar-refractivity contribution in [3.05, 3.63) is 36.9 Å². The lowest BCUT2D eigenvalue weighted by Gasteiger charge is -2.09. The van der Waals surface area contributed by atoms with E-state index in [-0.39, 0.29) is 0 Å². The highest BCUT2D eigenvalue weighted by molar-refractivity contribution is 5.92. The van der Waals surface area contributed by atoms with Crippen LogP contribution in [0.3, 0.4) is 0 Å². The maximum Gasteiger partial charge on any atom is 0.342 e. The molecule has 1 aromatic carbocycles. The van der Waals surface area contributed by atoms with Crippen LogP contribution in [0.1, 0.15) is 43.0 Å². The minimum absolute atomic E-state index is 0.429. The van der Waals surface area contributed by atoms with Gasteiger partial charge in [-0.25, -0.2) is 4.79 Å². The summed E-state index contributed by atoms with van der Waals surface area (Å²) in [6.07, 6.45) is 4.57. The highest BCUT2D eigenvalue weighted by Gasteiger charge is 2.11. The van der Waals surface area contributed by atoms with Crippen molar-refractivity contribution in [2.75, 3.05) is 6.61 Å². The first kappa shape index (κ1) is 13.6. The summed E-state index contributed by atoms with van der Waals surface area (Å²) in [7, 11) is 3.12. The summed E-state index contributed by atoms with van der Waals surface area (Å²) in [6.45, 7) is 2.79. The van der Waals surface area contributed by atoms with Gasteiger partial charge in [0.05, 0.1) is 6.61 Å². The van der Waals surface area contributed by atoms with Gasteiger partial charge < -0.3 is 9.47 Å². The number of rotatable bonds is 7. The molecule has 1 rings (SSSR count). The molecule has 0 unspecified atom stereocenters. The van der Waals surface area contributed by atoms with Crippen molar-refractivity contribution < 1.29 is 14.3 Å². The van der Waals surface area contributed by atoms with E-state index >= 15 is 0 Å². The smallest absolute Gasteiger partial charge is 0.342 e. The molecule has 3 nitrogen and oxygen atoms in total. The van der Waals surface area contributed by atoms with Crippen molar-refractivity contribution in [3.8, 4) is 5.75 Å². The van der Waals surface area contributed by atoms with Gasteiger partial charge in [-0.2, -0.15) is 0 Å². The molecule has 1 aromatic rings. The van der Waals surface area contributed by atoms with E-state index < -0.39 is 5.97 Å². The molecule has 0 aliphatic rings. The van der Waals surface area contributed by atoms with Crippen molar-refractivity contribution in [3.63, 3.8) is 0 Å². The number of esters is 1. The van der Waals surface area contributed by atoms with E-state index in [4.69, 9.17) is 4.74 Å². The molecular formula is C14H19O3. The van der Waals surface area contributed by atoms with Crippen LogP contribution in [0.15, 0.2) is 24.3 Å². The Kier molecular flexibility index (Phi) is 6.15. The van der Waals surface area contributed by atoms with Crippen LogP contribution >= 0.6 is 0 Å². The van der Waals surface area contributed by atoms with Crippen molar-refractivity contribution >= 4 is 5.97 Å². The highest BCUT2D eigenvalue weighted by atomic mass is 16.5. The van der Waals surface area contributed by atoms with Gasteiger partial charge in [-0.05, 0) is 18.6 Å². The first-order valence-electron chi connectivity index (χ1n) is 5.97. The molecule has 17 heavy (non-hydrogen) atoms. The maximum absolute atomic E-state index is 11.4. The number of hydrogen-bond acceptors (Lipinski definition) is 3.